The van der Waals surface area contributed by atoms with E-state index < -0.39 is 23.0 Å². The second kappa shape index (κ2) is 4.40. The summed E-state index contributed by atoms with van der Waals surface area (Å²) in [4.78, 5) is 10.2. The van der Waals surface area contributed by atoms with Crippen LogP contribution in [0.5, 0.6) is 0 Å². The van der Waals surface area contributed by atoms with Crippen molar-refractivity contribution in [2.24, 2.45) is 5.92 Å². The Morgan fingerprint density at radius 2 is 2.20 bits per heavy atom. The molecule has 0 heterocycles. The van der Waals surface area contributed by atoms with Gasteiger partial charge in [-0.1, -0.05) is 6.92 Å². The van der Waals surface area contributed by atoms with Crippen molar-refractivity contribution in [1.82, 2.24) is 0 Å². The van der Waals surface area contributed by atoms with Crippen molar-refractivity contribution in [3.8, 4) is 0 Å². The number of aliphatic carboxylic acids is 1. The van der Waals surface area contributed by atoms with Gasteiger partial charge >= 0.3 is 5.97 Å². The minimum Gasteiger partial charge on any atom is -0.481 e. The molecule has 0 saturated carbocycles. The van der Waals surface area contributed by atoms with Gasteiger partial charge in [-0.3, -0.25) is 4.79 Å². The monoisotopic (exact) mass is 166 g/mol. The zero-order valence-electron chi connectivity index (χ0n) is 5.61. The molecule has 2 atom stereocenters. The Kier molecular flexibility index (Phi) is 4.22. The lowest BCUT2D eigenvalue weighted by molar-refractivity contribution is -0.141. The van der Waals surface area contributed by atoms with Crippen LogP contribution in [0.15, 0.2) is 0 Å². The number of carbonyl (C=O) groups is 1. The van der Waals surface area contributed by atoms with Crippen molar-refractivity contribution >= 4 is 17.0 Å². The molecule has 60 valence electrons. The zero-order valence-corrected chi connectivity index (χ0v) is 6.43. The SMILES string of the molecule is CCC(CS(=O)O)C(=O)O. The first-order valence-electron chi connectivity index (χ1n) is 2.88. The van der Waals surface area contributed by atoms with E-state index in [9.17, 15) is 9.00 Å². The fraction of sp³-hybridized carbons (Fsp3) is 0.800. The van der Waals surface area contributed by atoms with E-state index in [1.54, 1.807) is 6.92 Å². The number of carboxylic acid groups (broad SMARTS) is 1. The van der Waals surface area contributed by atoms with Crippen LogP contribution >= 0.6 is 0 Å². The van der Waals surface area contributed by atoms with Crippen LogP contribution in [-0.2, 0) is 15.9 Å². The smallest absolute Gasteiger partial charge is 0.307 e. The Balaban J connectivity index is 3.83. The van der Waals surface area contributed by atoms with Crippen molar-refractivity contribution in [2.45, 2.75) is 13.3 Å². The third-order valence-corrected chi connectivity index (χ3v) is 1.87. The summed E-state index contributed by atoms with van der Waals surface area (Å²) in [6, 6.07) is 0. The molecular formula is C5H10O4S. The maximum atomic E-state index is 10.2. The van der Waals surface area contributed by atoms with Gasteiger partial charge in [0.1, 0.15) is 0 Å². The highest BCUT2D eigenvalue weighted by Gasteiger charge is 2.16. The first-order valence-corrected chi connectivity index (χ1v) is 4.15. The van der Waals surface area contributed by atoms with Crippen molar-refractivity contribution in [3.63, 3.8) is 0 Å². The second-order valence-corrected chi connectivity index (χ2v) is 2.91. The van der Waals surface area contributed by atoms with Crippen LogP contribution in [0, 0.1) is 5.92 Å². The Morgan fingerprint density at radius 3 is 2.30 bits per heavy atom. The van der Waals surface area contributed by atoms with Crippen molar-refractivity contribution in [3.05, 3.63) is 0 Å². The summed E-state index contributed by atoms with van der Waals surface area (Å²) in [6.45, 7) is 1.67. The average molecular weight is 166 g/mol. The summed E-state index contributed by atoms with van der Waals surface area (Å²) < 4.78 is 18.4. The van der Waals surface area contributed by atoms with E-state index >= 15 is 0 Å². The van der Waals surface area contributed by atoms with E-state index in [0.717, 1.165) is 0 Å². The molecule has 4 nitrogen and oxygen atoms in total. The molecule has 0 aromatic heterocycles. The molecule has 0 rings (SSSR count). The van der Waals surface area contributed by atoms with E-state index in [1.165, 1.54) is 0 Å². The van der Waals surface area contributed by atoms with E-state index in [-0.39, 0.29) is 5.75 Å². The minimum atomic E-state index is -2.00. The van der Waals surface area contributed by atoms with Gasteiger partial charge in [-0.15, -0.1) is 0 Å². The predicted molar refractivity (Wildman–Crippen MR) is 37.1 cm³/mol. The van der Waals surface area contributed by atoms with Crippen molar-refractivity contribution < 1.29 is 18.7 Å². The molecule has 10 heavy (non-hydrogen) atoms. The molecule has 0 amide bonds. The first kappa shape index (κ1) is 9.58. The van der Waals surface area contributed by atoms with Crippen LogP contribution in [0.1, 0.15) is 13.3 Å². The Labute approximate surface area is 61.5 Å². The molecule has 0 bridgehead atoms. The van der Waals surface area contributed by atoms with Gasteiger partial charge in [-0.25, -0.2) is 4.21 Å². The lowest BCUT2D eigenvalue weighted by atomic mass is 10.1. The maximum Gasteiger partial charge on any atom is 0.307 e. The Bertz CT molecular complexity index is 145. The number of rotatable bonds is 4. The molecule has 0 spiro atoms. The molecule has 0 aliphatic heterocycles. The minimum absolute atomic E-state index is 0.175. The zero-order chi connectivity index (χ0) is 8.15. The summed E-state index contributed by atoms with van der Waals surface area (Å²) in [6.07, 6.45) is 0.391. The second-order valence-electron chi connectivity index (χ2n) is 1.93. The van der Waals surface area contributed by atoms with Crippen LogP contribution in [0.4, 0.5) is 0 Å². The molecule has 2 unspecified atom stereocenters. The summed E-state index contributed by atoms with van der Waals surface area (Å²) >= 11 is -2.00. The summed E-state index contributed by atoms with van der Waals surface area (Å²) in [7, 11) is 0. The summed E-state index contributed by atoms with van der Waals surface area (Å²) in [5.41, 5.74) is 0. The molecule has 5 heteroatoms. The summed E-state index contributed by atoms with van der Waals surface area (Å²) in [5, 5.41) is 8.38. The van der Waals surface area contributed by atoms with Gasteiger partial charge in [0.25, 0.3) is 0 Å². The van der Waals surface area contributed by atoms with Crippen molar-refractivity contribution in [2.75, 3.05) is 5.75 Å². The average Bonchev–Trinajstić information content (AvgIpc) is 1.81. The van der Waals surface area contributed by atoms with Gasteiger partial charge in [0, 0.05) is 0 Å². The van der Waals surface area contributed by atoms with Crippen LogP contribution < -0.4 is 0 Å². The fourth-order valence-electron chi connectivity index (χ4n) is 0.536. The molecule has 0 radical (unpaired) electrons. The highest BCUT2D eigenvalue weighted by Crippen LogP contribution is 2.03. The van der Waals surface area contributed by atoms with Crippen molar-refractivity contribution in [1.29, 1.82) is 0 Å². The lowest BCUT2D eigenvalue weighted by Crippen LogP contribution is -2.19. The summed E-state index contributed by atoms with van der Waals surface area (Å²) in [5.74, 6) is -1.87. The fourth-order valence-corrected chi connectivity index (χ4v) is 1.26. The van der Waals surface area contributed by atoms with Crippen LogP contribution in [0.2, 0.25) is 0 Å². The number of hydrogen-bond acceptors (Lipinski definition) is 2. The van der Waals surface area contributed by atoms with E-state index in [2.05, 4.69) is 0 Å². The van der Waals surface area contributed by atoms with Gasteiger partial charge in [0.2, 0.25) is 0 Å². The highest BCUT2D eigenvalue weighted by atomic mass is 32.2. The van der Waals surface area contributed by atoms with Gasteiger partial charge in [0.05, 0.1) is 11.7 Å². The van der Waals surface area contributed by atoms with Crippen LogP contribution in [0.3, 0.4) is 0 Å². The molecular weight excluding hydrogens is 156 g/mol. The largest absolute Gasteiger partial charge is 0.481 e. The molecule has 0 saturated heterocycles. The third-order valence-electron chi connectivity index (χ3n) is 1.19. The van der Waals surface area contributed by atoms with Gasteiger partial charge in [-0.2, -0.15) is 0 Å². The van der Waals surface area contributed by atoms with E-state index in [4.69, 9.17) is 9.66 Å². The molecule has 2 N–H and O–H groups in total. The molecule has 0 aromatic carbocycles. The molecule has 0 fully saturated rings. The quantitative estimate of drug-likeness (QED) is 0.590. The van der Waals surface area contributed by atoms with Crippen LogP contribution in [-0.4, -0.2) is 25.6 Å². The third kappa shape index (κ3) is 3.58. The Morgan fingerprint density at radius 1 is 1.70 bits per heavy atom. The van der Waals surface area contributed by atoms with Gasteiger partial charge < -0.3 is 9.66 Å². The van der Waals surface area contributed by atoms with Crippen LogP contribution in [0.25, 0.3) is 0 Å². The topological polar surface area (TPSA) is 74.6 Å². The van der Waals surface area contributed by atoms with Gasteiger partial charge in [-0.05, 0) is 6.42 Å². The Hall–Kier alpha value is -0.420. The molecule has 0 aliphatic carbocycles. The van der Waals surface area contributed by atoms with Gasteiger partial charge in [0.15, 0.2) is 11.1 Å². The number of carboxylic acids is 1. The number of hydrogen-bond donors (Lipinski definition) is 2. The molecule has 0 aromatic rings. The van der Waals surface area contributed by atoms with E-state index in [1.807, 2.05) is 0 Å². The first-order chi connectivity index (χ1) is 4.57. The van der Waals surface area contributed by atoms with E-state index in [0.29, 0.717) is 6.42 Å². The standard InChI is InChI=1S/C5H10O4S/c1-2-4(5(6)7)3-10(8)9/h4H,2-3H2,1H3,(H,6,7)(H,8,9). The predicted octanol–water partition coefficient (Wildman–Crippen LogP) is 0.319. The highest BCUT2D eigenvalue weighted by molar-refractivity contribution is 7.79. The lowest BCUT2D eigenvalue weighted by Gasteiger charge is -2.04. The maximum absolute atomic E-state index is 10.2. The molecule has 0 aliphatic rings. The normalized spacial score (nSPS) is 16.2.